The van der Waals surface area contributed by atoms with Crippen LogP contribution in [0, 0.1) is 17.5 Å². The van der Waals surface area contributed by atoms with Crippen molar-refractivity contribution in [1.82, 2.24) is 9.97 Å². The van der Waals surface area contributed by atoms with Gasteiger partial charge in [0.05, 0.1) is 19.4 Å². The Labute approximate surface area is 165 Å². The van der Waals surface area contributed by atoms with E-state index in [-0.39, 0.29) is 11.8 Å². The number of aromatic nitrogens is 2. The van der Waals surface area contributed by atoms with E-state index in [4.69, 9.17) is 4.74 Å². The standard InChI is InChI=1S/C20H18F3N5O/c21-15-5-2-6-16(22)18(15)26-19-17(23)12-24-20(27-19)25-13-3-1-4-14(11-13)28-7-9-29-10-8-28/h1-6,11-12H,7-10H2,(H2,24,25,26,27). The van der Waals surface area contributed by atoms with Crippen LogP contribution in [-0.2, 0) is 4.74 Å². The van der Waals surface area contributed by atoms with Crippen LogP contribution in [0.2, 0.25) is 0 Å². The van der Waals surface area contributed by atoms with Crippen molar-refractivity contribution >= 4 is 28.8 Å². The largest absolute Gasteiger partial charge is 0.378 e. The Bertz CT molecular complexity index is 991. The molecule has 0 aliphatic carbocycles. The number of ether oxygens (including phenoxy) is 1. The lowest BCUT2D eigenvalue weighted by molar-refractivity contribution is 0.122. The molecule has 29 heavy (non-hydrogen) atoms. The molecular weight excluding hydrogens is 383 g/mol. The van der Waals surface area contributed by atoms with Gasteiger partial charge in [-0.3, -0.25) is 0 Å². The Morgan fingerprint density at radius 2 is 1.62 bits per heavy atom. The lowest BCUT2D eigenvalue weighted by atomic mass is 10.2. The third kappa shape index (κ3) is 4.40. The van der Waals surface area contributed by atoms with E-state index in [0.29, 0.717) is 18.9 Å². The van der Waals surface area contributed by atoms with Gasteiger partial charge in [0, 0.05) is 24.5 Å². The number of halogens is 3. The van der Waals surface area contributed by atoms with Crippen molar-refractivity contribution in [1.29, 1.82) is 0 Å². The molecule has 0 bridgehead atoms. The highest BCUT2D eigenvalue weighted by Gasteiger charge is 2.15. The minimum absolute atomic E-state index is 0.0878. The van der Waals surface area contributed by atoms with Crippen LogP contribution in [0.4, 0.5) is 42.0 Å². The second kappa shape index (κ2) is 8.36. The molecule has 0 amide bonds. The summed E-state index contributed by atoms with van der Waals surface area (Å²) in [7, 11) is 0. The molecule has 0 unspecified atom stereocenters. The molecule has 1 aliphatic rings. The summed E-state index contributed by atoms with van der Waals surface area (Å²) in [5, 5.41) is 5.35. The Hall–Kier alpha value is -3.33. The number of hydrogen-bond acceptors (Lipinski definition) is 6. The zero-order valence-electron chi connectivity index (χ0n) is 15.3. The zero-order valence-corrected chi connectivity index (χ0v) is 15.3. The number of rotatable bonds is 5. The van der Waals surface area contributed by atoms with Gasteiger partial charge in [0.15, 0.2) is 11.6 Å². The third-order valence-corrected chi connectivity index (χ3v) is 4.43. The van der Waals surface area contributed by atoms with Gasteiger partial charge in [-0.05, 0) is 30.3 Å². The summed E-state index contributed by atoms with van der Waals surface area (Å²) in [6.07, 6.45) is 0.933. The highest BCUT2D eigenvalue weighted by Crippen LogP contribution is 2.26. The number of hydrogen-bond donors (Lipinski definition) is 2. The van der Waals surface area contributed by atoms with Crippen molar-refractivity contribution in [2.45, 2.75) is 0 Å². The second-order valence-electron chi connectivity index (χ2n) is 6.39. The monoisotopic (exact) mass is 401 g/mol. The van der Waals surface area contributed by atoms with Crippen molar-refractivity contribution in [3.05, 3.63) is 66.1 Å². The number of benzene rings is 2. The first kappa shape index (κ1) is 19.0. The first-order valence-electron chi connectivity index (χ1n) is 9.03. The van der Waals surface area contributed by atoms with E-state index >= 15 is 0 Å². The van der Waals surface area contributed by atoms with E-state index in [2.05, 4.69) is 25.5 Å². The molecule has 3 aromatic rings. The molecular formula is C20H18F3N5O. The highest BCUT2D eigenvalue weighted by molar-refractivity contribution is 5.64. The van der Waals surface area contributed by atoms with Crippen molar-refractivity contribution in [3.8, 4) is 0 Å². The number of para-hydroxylation sites is 1. The summed E-state index contributed by atoms with van der Waals surface area (Å²) in [5.41, 5.74) is 1.22. The molecule has 9 heteroatoms. The lowest BCUT2D eigenvalue weighted by Crippen LogP contribution is -2.36. The fraction of sp³-hybridized carbons (Fsp3) is 0.200. The summed E-state index contributed by atoms with van der Waals surface area (Å²) >= 11 is 0. The molecule has 2 aromatic carbocycles. The Morgan fingerprint density at radius 1 is 0.897 bits per heavy atom. The van der Waals surface area contributed by atoms with Crippen molar-refractivity contribution in [2.75, 3.05) is 41.8 Å². The smallest absolute Gasteiger partial charge is 0.229 e. The van der Waals surface area contributed by atoms with E-state index < -0.39 is 23.1 Å². The minimum atomic E-state index is -0.851. The normalized spacial score (nSPS) is 14.0. The molecule has 150 valence electrons. The Morgan fingerprint density at radius 3 is 2.38 bits per heavy atom. The molecule has 4 rings (SSSR count). The molecule has 0 saturated carbocycles. The van der Waals surface area contributed by atoms with Gasteiger partial charge >= 0.3 is 0 Å². The van der Waals surface area contributed by atoms with Crippen LogP contribution in [0.15, 0.2) is 48.7 Å². The topological polar surface area (TPSA) is 62.3 Å². The van der Waals surface area contributed by atoms with Crippen LogP contribution in [0.5, 0.6) is 0 Å². The quantitative estimate of drug-likeness (QED) is 0.668. The molecule has 1 saturated heterocycles. The fourth-order valence-corrected chi connectivity index (χ4v) is 2.98. The molecule has 6 nitrogen and oxygen atoms in total. The van der Waals surface area contributed by atoms with Gasteiger partial charge in [0.25, 0.3) is 0 Å². The number of nitrogens with one attached hydrogen (secondary N) is 2. The predicted octanol–water partition coefficient (Wildman–Crippen LogP) is 4.22. The molecule has 1 fully saturated rings. The van der Waals surface area contributed by atoms with E-state index in [9.17, 15) is 13.2 Å². The lowest BCUT2D eigenvalue weighted by Gasteiger charge is -2.29. The van der Waals surface area contributed by atoms with Crippen LogP contribution in [0.25, 0.3) is 0 Å². The molecule has 0 atom stereocenters. The van der Waals surface area contributed by atoms with Crippen molar-refractivity contribution in [3.63, 3.8) is 0 Å². The van der Waals surface area contributed by atoms with E-state index in [1.54, 1.807) is 0 Å². The second-order valence-corrected chi connectivity index (χ2v) is 6.39. The first-order valence-corrected chi connectivity index (χ1v) is 9.03. The average Bonchev–Trinajstić information content (AvgIpc) is 2.74. The third-order valence-electron chi connectivity index (χ3n) is 4.43. The Balaban J connectivity index is 1.55. The molecule has 0 radical (unpaired) electrons. The summed E-state index contributed by atoms with van der Waals surface area (Å²) in [4.78, 5) is 10.1. The maximum Gasteiger partial charge on any atom is 0.229 e. The van der Waals surface area contributed by atoms with Crippen molar-refractivity contribution in [2.24, 2.45) is 0 Å². The Kier molecular flexibility index (Phi) is 5.48. The maximum atomic E-state index is 14.1. The molecule has 2 N–H and O–H groups in total. The van der Waals surface area contributed by atoms with Gasteiger partial charge in [-0.25, -0.2) is 18.2 Å². The highest BCUT2D eigenvalue weighted by atomic mass is 19.1. The molecule has 1 aliphatic heterocycles. The summed E-state index contributed by atoms with van der Waals surface area (Å²) < 4.78 is 47.1. The van der Waals surface area contributed by atoms with E-state index in [1.165, 1.54) is 6.07 Å². The SMILES string of the molecule is Fc1cnc(Nc2cccc(N3CCOCC3)c2)nc1Nc1c(F)cccc1F. The van der Waals surface area contributed by atoms with Crippen molar-refractivity contribution < 1.29 is 17.9 Å². The van der Waals surface area contributed by atoms with Gasteiger partial charge in [-0.2, -0.15) is 4.98 Å². The zero-order chi connectivity index (χ0) is 20.2. The van der Waals surface area contributed by atoms with Gasteiger partial charge in [0.1, 0.15) is 17.3 Å². The summed E-state index contributed by atoms with van der Waals surface area (Å²) in [6.45, 7) is 2.91. The van der Waals surface area contributed by atoms with Crippen LogP contribution in [0.1, 0.15) is 0 Å². The van der Waals surface area contributed by atoms with Crippen LogP contribution in [-0.4, -0.2) is 36.3 Å². The fourth-order valence-electron chi connectivity index (χ4n) is 2.98. The van der Waals surface area contributed by atoms with Gasteiger partial charge in [-0.1, -0.05) is 12.1 Å². The summed E-state index contributed by atoms with van der Waals surface area (Å²) in [5.74, 6) is -2.78. The van der Waals surface area contributed by atoms with Gasteiger partial charge < -0.3 is 20.3 Å². The van der Waals surface area contributed by atoms with E-state index in [0.717, 1.165) is 37.1 Å². The number of nitrogens with zero attached hydrogens (tertiary/aromatic N) is 3. The molecule has 2 heterocycles. The van der Waals surface area contributed by atoms with Gasteiger partial charge in [-0.15, -0.1) is 0 Å². The summed E-state index contributed by atoms with van der Waals surface area (Å²) in [6, 6.07) is 11.0. The average molecular weight is 401 g/mol. The minimum Gasteiger partial charge on any atom is -0.378 e. The van der Waals surface area contributed by atoms with Crippen LogP contribution in [0.3, 0.4) is 0 Å². The van der Waals surface area contributed by atoms with Gasteiger partial charge in [0.2, 0.25) is 5.95 Å². The molecule has 0 spiro atoms. The first-order chi connectivity index (χ1) is 14.1. The predicted molar refractivity (Wildman–Crippen MR) is 104 cm³/mol. The van der Waals surface area contributed by atoms with Crippen LogP contribution < -0.4 is 15.5 Å². The molecule has 1 aromatic heterocycles. The van der Waals surface area contributed by atoms with E-state index in [1.807, 2.05) is 24.3 Å². The number of anilines is 5. The number of morpholine rings is 1. The van der Waals surface area contributed by atoms with Crippen LogP contribution >= 0.6 is 0 Å². The maximum absolute atomic E-state index is 14.1.